The SMILES string of the molecule is CC(O)c1nc2cc3c(cc2n1CC(=O)O)OCCO3. The van der Waals surface area contributed by atoms with Crippen LogP contribution in [-0.4, -0.2) is 38.9 Å². The molecule has 1 aromatic carbocycles. The number of benzene rings is 1. The number of carbonyl (C=O) groups is 1. The second-order valence-corrected chi connectivity index (χ2v) is 4.61. The average Bonchev–Trinajstić information content (AvgIpc) is 2.74. The van der Waals surface area contributed by atoms with Crippen molar-refractivity contribution in [1.82, 2.24) is 9.55 Å². The fourth-order valence-electron chi connectivity index (χ4n) is 2.30. The largest absolute Gasteiger partial charge is 0.486 e. The maximum Gasteiger partial charge on any atom is 0.323 e. The number of aliphatic hydroxyl groups is 1. The van der Waals surface area contributed by atoms with E-state index in [1.165, 1.54) is 4.57 Å². The maximum atomic E-state index is 11.0. The lowest BCUT2D eigenvalue weighted by atomic mass is 10.2. The number of rotatable bonds is 3. The van der Waals surface area contributed by atoms with Gasteiger partial charge in [-0.2, -0.15) is 0 Å². The number of aliphatic hydroxyl groups excluding tert-OH is 1. The quantitative estimate of drug-likeness (QED) is 0.868. The predicted octanol–water partition coefficient (Wildman–Crippen LogP) is 0.945. The molecule has 2 aromatic rings. The number of fused-ring (bicyclic) bond motifs is 2. The molecule has 2 heterocycles. The topological polar surface area (TPSA) is 93.8 Å². The van der Waals surface area contributed by atoms with Crippen LogP contribution in [0.1, 0.15) is 18.9 Å². The second-order valence-electron chi connectivity index (χ2n) is 4.61. The van der Waals surface area contributed by atoms with Gasteiger partial charge in [0.1, 0.15) is 31.7 Å². The summed E-state index contributed by atoms with van der Waals surface area (Å²) in [4.78, 5) is 15.3. The number of imidazole rings is 1. The van der Waals surface area contributed by atoms with Crippen LogP contribution in [0.2, 0.25) is 0 Å². The highest BCUT2D eigenvalue weighted by Crippen LogP contribution is 2.35. The van der Waals surface area contributed by atoms with E-state index < -0.39 is 12.1 Å². The van der Waals surface area contributed by atoms with Crippen molar-refractivity contribution in [2.45, 2.75) is 19.6 Å². The molecule has 20 heavy (non-hydrogen) atoms. The van der Waals surface area contributed by atoms with Gasteiger partial charge < -0.3 is 24.3 Å². The molecule has 1 aliphatic heterocycles. The molecule has 2 N–H and O–H groups in total. The molecule has 1 aromatic heterocycles. The van der Waals surface area contributed by atoms with Crippen molar-refractivity contribution < 1.29 is 24.5 Å². The van der Waals surface area contributed by atoms with E-state index >= 15 is 0 Å². The van der Waals surface area contributed by atoms with Gasteiger partial charge in [-0.05, 0) is 6.92 Å². The van der Waals surface area contributed by atoms with Gasteiger partial charge in [0.05, 0.1) is 11.0 Å². The third-order valence-corrected chi connectivity index (χ3v) is 3.11. The fourth-order valence-corrected chi connectivity index (χ4v) is 2.30. The summed E-state index contributed by atoms with van der Waals surface area (Å²) >= 11 is 0. The lowest BCUT2D eigenvalue weighted by Crippen LogP contribution is -2.16. The van der Waals surface area contributed by atoms with Crippen molar-refractivity contribution in [3.8, 4) is 11.5 Å². The minimum atomic E-state index is -0.999. The van der Waals surface area contributed by atoms with Crippen LogP contribution in [-0.2, 0) is 11.3 Å². The van der Waals surface area contributed by atoms with Crippen LogP contribution < -0.4 is 9.47 Å². The number of aromatic nitrogens is 2. The van der Waals surface area contributed by atoms with Gasteiger partial charge in [0, 0.05) is 12.1 Å². The van der Waals surface area contributed by atoms with Gasteiger partial charge in [0.2, 0.25) is 0 Å². The zero-order valence-electron chi connectivity index (χ0n) is 10.9. The first-order valence-electron chi connectivity index (χ1n) is 6.26. The van der Waals surface area contributed by atoms with E-state index in [0.717, 1.165) is 0 Å². The van der Waals surface area contributed by atoms with Crippen LogP contribution in [0.25, 0.3) is 11.0 Å². The molecule has 0 saturated heterocycles. The molecule has 0 aliphatic carbocycles. The highest BCUT2D eigenvalue weighted by Gasteiger charge is 2.21. The smallest absolute Gasteiger partial charge is 0.323 e. The van der Waals surface area contributed by atoms with Gasteiger partial charge in [-0.15, -0.1) is 0 Å². The molecule has 0 radical (unpaired) electrons. The number of hydrogen-bond acceptors (Lipinski definition) is 5. The Morgan fingerprint density at radius 2 is 2.05 bits per heavy atom. The molecule has 1 aliphatic rings. The molecule has 0 amide bonds. The standard InChI is InChI=1S/C13H14N2O5/c1-7(16)13-14-8-4-10-11(20-3-2-19-10)5-9(8)15(13)6-12(17)18/h4-5,7,16H,2-3,6H2,1H3,(H,17,18). The van der Waals surface area contributed by atoms with E-state index in [2.05, 4.69) is 4.98 Å². The summed E-state index contributed by atoms with van der Waals surface area (Å²) in [5.74, 6) is 0.458. The summed E-state index contributed by atoms with van der Waals surface area (Å²) in [6, 6.07) is 3.40. The zero-order chi connectivity index (χ0) is 14.3. The highest BCUT2D eigenvalue weighted by molar-refractivity contribution is 5.82. The summed E-state index contributed by atoms with van der Waals surface area (Å²) in [7, 11) is 0. The lowest BCUT2D eigenvalue weighted by molar-refractivity contribution is -0.137. The van der Waals surface area contributed by atoms with E-state index in [0.29, 0.717) is 41.6 Å². The Kier molecular flexibility index (Phi) is 2.98. The van der Waals surface area contributed by atoms with Gasteiger partial charge >= 0.3 is 5.97 Å². The number of nitrogens with zero attached hydrogens (tertiary/aromatic N) is 2. The van der Waals surface area contributed by atoms with E-state index in [1.807, 2.05) is 0 Å². The fraction of sp³-hybridized carbons (Fsp3) is 0.385. The van der Waals surface area contributed by atoms with Crippen LogP contribution >= 0.6 is 0 Å². The number of aliphatic carboxylic acids is 1. The van der Waals surface area contributed by atoms with Crippen molar-refractivity contribution in [1.29, 1.82) is 0 Å². The minimum absolute atomic E-state index is 0.267. The predicted molar refractivity (Wildman–Crippen MR) is 69.0 cm³/mol. The summed E-state index contributed by atoms with van der Waals surface area (Å²) in [5, 5.41) is 18.7. The molecule has 0 spiro atoms. The van der Waals surface area contributed by atoms with Crippen LogP contribution in [0.4, 0.5) is 0 Å². The Hall–Kier alpha value is -2.28. The third-order valence-electron chi connectivity index (χ3n) is 3.11. The van der Waals surface area contributed by atoms with Crippen LogP contribution in [0.3, 0.4) is 0 Å². The van der Waals surface area contributed by atoms with Gasteiger partial charge in [0.15, 0.2) is 11.5 Å². The van der Waals surface area contributed by atoms with Crippen LogP contribution in [0, 0.1) is 0 Å². The zero-order valence-corrected chi connectivity index (χ0v) is 10.9. The Bertz CT molecular complexity index is 677. The Morgan fingerprint density at radius 1 is 1.40 bits per heavy atom. The van der Waals surface area contributed by atoms with Crippen molar-refractivity contribution >= 4 is 17.0 Å². The molecule has 0 saturated carbocycles. The molecule has 3 rings (SSSR count). The van der Waals surface area contributed by atoms with Gasteiger partial charge in [0.25, 0.3) is 0 Å². The van der Waals surface area contributed by atoms with E-state index in [4.69, 9.17) is 14.6 Å². The first-order chi connectivity index (χ1) is 9.56. The second kappa shape index (κ2) is 4.68. The van der Waals surface area contributed by atoms with Gasteiger partial charge in [-0.3, -0.25) is 4.79 Å². The summed E-state index contributed by atoms with van der Waals surface area (Å²) < 4.78 is 12.4. The Morgan fingerprint density at radius 3 is 2.65 bits per heavy atom. The van der Waals surface area contributed by atoms with Crippen molar-refractivity contribution in [3.63, 3.8) is 0 Å². The first-order valence-corrected chi connectivity index (χ1v) is 6.26. The summed E-state index contributed by atoms with van der Waals surface area (Å²) in [6.45, 7) is 2.20. The molecule has 1 unspecified atom stereocenters. The van der Waals surface area contributed by atoms with E-state index in [-0.39, 0.29) is 6.54 Å². The molecule has 106 valence electrons. The lowest BCUT2D eigenvalue weighted by Gasteiger charge is -2.18. The molecule has 7 heteroatoms. The average molecular weight is 278 g/mol. The van der Waals surface area contributed by atoms with E-state index in [9.17, 15) is 9.90 Å². The maximum absolute atomic E-state index is 11.0. The Labute approximate surface area is 114 Å². The number of ether oxygens (including phenoxy) is 2. The normalized spacial score (nSPS) is 15.3. The number of hydrogen-bond donors (Lipinski definition) is 2. The molecule has 7 nitrogen and oxygen atoms in total. The molecular weight excluding hydrogens is 264 g/mol. The van der Waals surface area contributed by atoms with Crippen molar-refractivity contribution in [2.24, 2.45) is 0 Å². The van der Waals surface area contributed by atoms with E-state index in [1.54, 1.807) is 19.1 Å². The highest BCUT2D eigenvalue weighted by atomic mass is 16.6. The number of carboxylic acids is 1. The third kappa shape index (κ3) is 2.05. The van der Waals surface area contributed by atoms with Crippen molar-refractivity contribution in [3.05, 3.63) is 18.0 Å². The minimum Gasteiger partial charge on any atom is -0.486 e. The molecule has 0 bridgehead atoms. The molecule has 0 fully saturated rings. The van der Waals surface area contributed by atoms with Gasteiger partial charge in [-0.1, -0.05) is 0 Å². The van der Waals surface area contributed by atoms with Crippen molar-refractivity contribution in [2.75, 3.05) is 13.2 Å². The van der Waals surface area contributed by atoms with Gasteiger partial charge in [-0.25, -0.2) is 4.98 Å². The molecule has 1 atom stereocenters. The first kappa shape index (κ1) is 12.7. The summed E-state index contributed by atoms with van der Waals surface area (Å²) in [6.07, 6.45) is -0.861. The molecular formula is C13H14N2O5. The summed E-state index contributed by atoms with van der Waals surface area (Å²) in [5.41, 5.74) is 1.18. The number of carboxylic acid groups (broad SMARTS) is 1. The Balaban J connectivity index is 2.21. The van der Waals surface area contributed by atoms with Crippen LogP contribution in [0.15, 0.2) is 12.1 Å². The monoisotopic (exact) mass is 278 g/mol. The van der Waals surface area contributed by atoms with Crippen LogP contribution in [0.5, 0.6) is 11.5 Å².